The van der Waals surface area contributed by atoms with E-state index in [-0.39, 0.29) is 24.6 Å². The maximum atomic E-state index is 14.0. The highest BCUT2D eigenvalue weighted by Crippen LogP contribution is 2.53. The third-order valence-corrected chi connectivity index (χ3v) is 6.45. The van der Waals surface area contributed by atoms with E-state index in [1.54, 1.807) is 30.2 Å². The maximum absolute atomic E-state index is 14.0. The topological polar surface area (TPSA) is 76.1 Å². The van der Waals surface area contributed by atoms with Gasteiger partial charge in [0.15, 0.2) is 0 Å². The molecule has 162 valence electrons. The Kier molecular flexibility index (Phi) is 4.66. The molecule has 0 aliphatic carbocycles. The van der Waals surface area contributed by atoms with Crippen LogP contribution in [-0.4, -0.2) is 30.7 Å². The molecule has 2 heterocycles. The van der Waals surface area contributed by atoms with Crippen LogP contribution in [0.5, 0.6) is 11.5 Å². The highest BCUT2D eigenvalue weighted by molar-refractivity contribution is 6.11. The van der Waals surface area contributed by atoms with E-state index in [0.717, 1.165) is 40.1 Å². The predicted octanol–water partition coefficient (Wildman–Crippen LogP) is 4.18. The van der Waals surface area contributed by atoms with Gasteiger partial charge in [0.2, 0.25) is 5.91 Å². The summed E-state index contributed by atoms with van der Waals surface area (Å²) in [4.78, 5) is 27.2. The van der Waals surface area contributed by atoms with Gasteiger partial charge in [-0.1, -0.05) is 37.3 Å². The molecule has 0 bridgehead atoms. The molecule has 1 N–H and O–H groups in total. The summed E-state index contributed by atoms with van der Waals surface area (Å²) in [6.45, 7) is 2.56. The second-order valence-electron chi connectivity index (χ2n) is 8.12. The van der Waals surface area contributed by atoms with E-state index in [2.05, 4.69) is 6.92 Å². The number of fused-ring (bicyclic) bond motifs is 4. The number of carboxylic acids is 1. The molecule has 1 amide bonds. The third kappa shape index (κ3) is 2.79. The first-order valence-electron chi connectivity index (χ1n) is 10.6. The van der Waals surface area contributed by atoms with Crippen LogP contribution in [0.3, 0.4) is 0 Å². The second-order valence-corrected chi connectivity index (χ2v) is 8.12. The predicted molar refractivity (Wildman–Crippen MR) is 120 cm³/mol. The molecule has 1 spiro atoms. The van der Waals surface area contributed by atoms with Gasteiger partial charge in [0.05, 0.1) is 19.2 Å². The van der Waals surface area contributed by atoms with E-state index in [4.69, 9.17) is 9.47 Å². The first-order valence-corrected chi connectivity index (χ1v) is 10.6. The van der Waals surface area contributed by atoms with Gasteiger partial charge in [0.1, 0.15) is 23.5 Å². The Labute approximate surface area is 186 Å². The Morgan fingerprint density at radius 1 is 1.12 bits per heavy atom. The maximum Gasteiger partial charge on any atom is 0.335 e. The minimum atomic E-state index is -0.990. The minimum absolute atomic E-state index is 0.0644. The van der Waals surface area contributed by atoms with Crippen LogP contribution in [0.15, 0.2) is 60.7 Å². The molecule has 6 nitrogen and oxygen atoms in total. The Morgan fingerprint density at radius 3 is 2.69 bits per heavy atom. The van der Waals surface area contributed by atoms with Gasteiger partial charge in [-0.25, -0.2) is 4.79 Å². The summed E-state index contributed by atoms with van der Waals surface area (Å²) in [5.74, 6) is 0.363. The Morgan fingerprint density at radius 2 is 1.94 bits per heavy atom. The number of nitrogens with zero attached hydrogens (tertiary/aromatic N) is 1. The van der Waals surface area contributed by atoms with Crippen molar-refractivity contribution in [3.8, 4) is 11.5 Å². The van der Waals surface area contributed by atoms with Crippen molar-refractivity contribution in [3.63, 3.8) is 0 Å². The first-order chi connectivity index (χ1) is 15.5. The van der Waals surface area contributed by atoms with Gasteiger partial charge in [-0.3, -0.25) is 4.79 Å². The molecule has 0 saturated heterocycles. The highest BCUT2D eigenvalue weighted by Gasteiger charge is 2.57. The summed E-state index contributed by atoms with van der Waals surface area (Å²) in [6, 6.07) is 18.4. The Bertz CT molecular complexity index is 1250. The van der Waals surface area contributed by atoms with E-state index >= 15 is 0 Å². The molecule has 0 saturated carbocycles. The van der Waals surface area contributed by atoms with E-state index in [9.17, 15) is 14.7 Å². The third-order valence-electron chi connectivity index (χ3n) is 6.45. The fourth-order valence-corrected chi connectivity index (χ4v) is 4.86. The highest BCUT2D eigenvalue weighted by atomic mass is 16.5. The zero-order chi connectivity index (χ0) is 22.5. The van der Waals surface area contributed by atoms with Crippen LogP contribution in [0.4, 0.5) is 5.69 Å². The molecule has 2 aliphatic heterocycles. The van der Waals surface area contributed by atoms with Crippen molar-refractivity contribution >= 4 is 17.6 Å². The minimum Gasteiger partial charge on any atom is -0.496 e. The van der Waals surface area contributed by atoms with Crippen molar-refractivity contribution < 1.29 is 24.2 Å². The van der Waals surface area contributed by atoms with Crippen molar-refractivity contribution in [2.24, 2.45) is 0 Å². The lowest BCUT2D eigenvalue weighted by atomic mass is 9.76. The molecule has 6 heteroatoms. The normalized spacial score (nSPS) is 18.4. The molecule has 0 fully saturated rings. The number of methoxy groups -OCH3 is 1. The molecule has 2 aliphatic rings. The number of ether oxygens (including phenoxy) is 2. The van der Waals surface area contributed by atoms with Crippen LogP contribution in [0, 0.1) is 0 Å². The fourth-order valence-electron chi connectivity index (χ4n) is 4.86. The Balaban J connectivity index is 1.63. The van der Waals surface area contributed by atoms with Crippen LogP contribution < -0.4 is 14.4 Å². The average molecular weight is 429 g/mol. The van der Waals surface area contributed by atoms with Crippen molar-refractivity contribution in [1.29, 1.82) is 0 Å². The molecular weight excluding hydrogens is 406 g/mol. The lowest BCUT2D eigenvalue weighted by molar-refractivity contribution is -0.122. The van der Waals surface area contributed by atoms with Crippen molar-refractivity contribution in [1.82, 2.24) is 0 Å². The standard InChI is InChI=1S/C26H23NO5/c1-3-17-12-20-23(13-22(17)31-2)32-15-26(20)19-9-4-5-10-21(19)27(25(26)30)14-16-7-6-8-18(11-16)24(28)29/h4-13H,3,14-15H2,1-2H3,(H,28,29). The molecular formula is C26H23NO5. The lowest BCUT2D eigenvalue weighted by Crippen LogP contribution is -2.42. The van der Waals surface area contributed by atoms with Gasteiger partial charge in [0.25, 0.3) is 0 Å². The number of benzene rings is 3. The van der Waals surface area contributed by atoms with E-state index < -0.39 is 11.4 Å². The number of carboxylic acid groups (broad SMARTS) is 1. The Hall–Kier alpha value is -3.80. The smallest absolute Gasteiger partial charge is 0.335 e. The number of hydrogen-bond acceptors (Lipinski definition) is 4. The average Bonchev–Trinajstić information content (AvgIpc) is 3.30. The number of para-hydroxylation sites is 1. The SMILES string of the molecule is CCc1cc2c(cc1OC)OCC21C(=O)N(Cc2cccc(C(=O)O)c2)c2ccccc21. The second kappa shape index (κ2) is 7.41. The van der Waals surface area contributed by atoms with Crippen molar-refractivity contribution in [2.45, 2.75) is 25.3 Å². The fraction of sp³-hybridized carbons (Fsp3) is 0.231. The zero-order valence-electron chi connectivity index (χ0n) is 17.9. The van der Waals surface area contributed by atoms with Crippen LogP contribution in [-0.2, 0) is 23.2 Å². The van der Waals surface area contributed by atoms with Crippen molar-refractivity contribution in [2.75, 3.05) is 18.6 Å². The number of rotatable bonds is 5. The molecule has 32 heavy (non-hydrogen) atoms. The zero-order valence-corrected chi connectivity index (χ0v) is 17.9. The molecule has 0 radical (unpaired) electrons. The summed E-state index contributed by atoms with van der Waals surface area (Å²) >= 11 is 0. The number of carbonyl (C=O) groups excluding carboxylic acids is 1. The number of anilines is 1. The summed E-state index contributed by atoms with van der Waals surface area (Å²) in [7, 11) is 1.63. The summed E-state index contributed by atoms with van der Waals surface area (Å²) in [5.41, 5.74) is 3.64. The van der Waals surface area contributed by atoms with E-state index in [1.807, 2.05) is 42.5 Å². The summed E-state index contributed by atoms with van der Waals surface area (Å²) < 4.78 is 11.6. The molecule has 3 aromatic rings. The molecule has 3 aromatic carbocycles. The first kappa shape index (κ1) is 20.1. The van der Waals surface area contributed by atoms with Crippen LogP contribution >= 0.6 is 0 Å². The van der Waals surface area contributed by atoms with Crippen LogP contribution in [0.25, 0.3) is 0 Å². The quantitative estimate of drug-likeness (QED) is 0.659. The molecule has 1 atom stereocenters. The molecule has 1 unspecified atom stereocenters. The number of amides is 1. The summed E-state index contributed by atoms with van der Waals surface area (Å²) in [5, 5.41) is 9.34. The number of carbonyl (C=O) groups is 2. The van der Waals surface area contributed by atoms with Crippen molar-refractivity contribution in [3.05, 3.63) is 88.5 Å². The van der Waals surface area contributed by atoms with Gasteiger partial charge in [0, 0.05) is 17.3 Å². The van der Waals surface area contributed by atoms with Gasteiger partial charge in [-0.2, -0.15) is 0 Å². The number of aryl methyl sites for hydroxylation is 1. The number of aromatic carboxylic acids is 1. The molecule has 0 aromatic heterocycles. The lowest BCUT2D eigenvalue weighted by Gasteiger charge is -2.24. The van der Waals surface area contributed by atoms with Crippen LogP contribution in [0.1, 0.15) is 39.5 Å². The van der Waals surface area contributed by atoms with E-state index in [1.165, 1.54) is 0 Å². The van der Waals surface area contributed by atoms with Gasteiger partial charge in [-0.15, -0.1) is 0 Å². The van der Waals surface area contributed by atoms with Crippen LogP contribution in [0.2, 0.25) is 0 Å². The molecule has 5 rings (SSSR count). The monoisotopic (exact) mass is 429 g/mol. The van der Waals surface area contributed by atoms with E-state index in [0.29, 0.717) is 5.75 Å². The summed E-state index contributed by atoms with van der Waals surface area (Å²) in [6.07, 6.45) is 0.772. The van der Waals surface area contributed by atoms with Gasteiger partial charge < -0.3 is 19.5 Å². The largest absolute Gasteiger partial charge is 0.496 e. The van der Waals surface area contributed by atoms with Gasteiger partial charge >= 0.3 is 5.97 Å². The number of hydrogen-bond donors (Lipinski definition) is 1. The van der Waals surface area contributed by atoms with Gasteiger partial charge in [-0.05, 0) is 47.4 Å².